The van der Waals surface area contributed by atoms with Gasteiger partial charge in [-0.05, 0) is 71.6 Å². The van der Waals surface area contributed by atoms with Gasteiger partial charge in [-0.1, -0.05) is 6.42 Å². The number of hydrogen-bond donors (Lipinski definition) is 1. The third kappa shape index (κ3) is 4.74. The molecule has 0 radical (unpaired) electrons. The maximum absolute atomic E-state index is 11.8. The van der Waals surface area contributed by atoms with Crippen molar-refractivity contribution >= 4 is 5.97 Å². The first-order valence-corrected chi connectivity index (χ1v) is 8.27. The van der Waals surface area contributed by atoms with E-state index in [4.69, 9.17) is 4.74 Å². The van der Waals surface area contributed by atoms with Crippen LogP contribution < -0.4 is 5.32 Å². The molecule has 4 heteroatoms. The van der Waals surface area contributed by atoms with Gasteiger partial charge in [0.25, 0.3) is 0 Å². The van der Waals surface area contributed by atoms with E-state index >= 15 is 0 Å². The molecule has 0 spiro atoms. The monoisotopic (exact) mass is 282 g/mol. The first-order chi connectivity index (χ1) is 9.69. The second kappa shape index (κ2) is 7.99. The number of nitrogens with zero attached hydrogens (tertiary/aromatic N) is 1. The minimum atomic E-state index is 0.0123. The van der Waals surface area contributed by atoms with Gasteiger partial charge < -0.3 is 15.0 Å². The highest BCUT2D eigenvalue weighted by molar-refractivity contribution is 5.72. The number of nitrogens with one attached hydrogen (secondary N) is 1. The molecule has 1 aliphatic carbocycles. The number of hydrogen-bond acceptors (Lipinski definition) is 4. The second-order valence-electron chi connectivity index (χ2n) is 6.47. The Hall–Kier alpha value is -0.610. The Kier molecular flexibility index (Phi) is 6.30. The number of rotatable bonds is 5. The quantitative estimate of drug-likeness (QED) is 0.784. The fourth-order valence-corrected chi connectivity index (χ4v) is 3.45. The van der Waals surface area contributed by atoms with Crippen LogP contribution in [0.15, 0.2) is 0 Å². The van der Waals surface area contributed by atoms with Crippen LogP contribution in [0, 0.1) is 11.8 Å². The Morgan fingerprint density at radius 1 is 1.25 bits per heavy atom. The van der Waals surface area contributed by atoms with Gasteiger partial charge in [0.1, 0.15) is 0 Å². The highest BCUT2D eigenvalue weighted by atomic mass is 16.5. The molecule has 2 aliphatic rings. The van der Waals surface area contributed by atoms with Crippen LogP contribution >= 0.6 is 0 Å². The van der Waals surface area contributed by atoms with Crippen molar-refractivity contribution in [1.29, 1.82) is 0 Å². The van der Waals surface area contributed by atoms with E-state index in [1.54, 1.807) is 0 Å². The van der Waals surface area contributed by atoms with Gasteiger partial charge in [-0.3, -0.25) is 4.79 Å². The summed E-state index contributed by atoms with van der Waals surface area (Å²) in [5.74, 6) is 0.950. The van der Waals surface area contributed by atoms with Crippen molar-refractivity contribution in [3.63, 3.8) is 0 Å². The van der Waals surface area contributed by atoms with Gasteiger partial charge in [-0.15, -0.1) is 0 Å². The van der Waals surface area contributed by atoms with Gasteiger partial charge in [0.2, 0.25) is 0 Å². The van der Waals surface area contributed by atoms with Gasteiger partial charge in [-0.25, -0.2) is 0 Å². The van der Waals surface area contributed by atoms with Gasteiger partial charge in [0.05, 0.1) is 12.5 Å². The molecule has 2 atom stereocenters. The van der Waals surface area contributed by atoms with Crippen LogP contribution in [0.4, 0.5) is 0 Å². The van der Waals surface area contributed by atoms with Crippen LogP contribution in [0.5, 0.6) is 0 Å². The summed E-state index contributed by atoms with van der Waals surface area (Å²) in [5.41, 5.74) is 0. The summed E-state index contributed by atoms with van der Waals surface area (Å²) < 4.78 is 5.16. The molecule has 0 aromatic carbocycles. The van der Waals surface area contributed by atoms with Crippen molar-refractivity contribution in [3.05, 3.63) is 0 Å². The lowest BCUT2D eigenvalue weighted by molar-refractivity contribution is -0.149. The smallest absolute Gasteiger partial charge is 0.308 e. The maximum atomic E-state index is 11.8. The Labute approximate surface area is 123 Å². The van der Waals surface area contributed by atoms with E-state index in [9.17, 15) is 4.79 Å². The van der Waals surface area contributed by atoms with E-state index in [0.29, 0.717) is 12.6 Å². The molecule has 4 nitrogen and oxygen atoms in total. The zero-order valence-electron chi connectivity index (χ0n) is 13.1. The van der Waals surface area contributed by atoms with E-state index < -0.39 is 0 Å². The van der Waals surface area contributed by atoms with Crippen LogP contribution in [0.25, 0.3) is 0 Å². The molecule has 1 heterocycles. The number of likely N-dealkylation sites (tertiary alicyclic amines) is 1. The van der Waals surface area contributed by atoms with E-state index in [2.05, 4.69) is 17.3 Å². The van der Waals surface area contributed by atoms with Crippen LogP contribution in [-0.2, 0) is 9.53 Å². The van der Waals surface area contributed by atoms with E-state index in [1.807, 2.05) is 6.92 Å². The van der Waals surface area contributed by atoms with E-state index in [1.165, 1.54) is 32.4 Å². The SMILES string of the molecule is CCOC(=O)C1CCCC(NCC2CCN(C)CC2)C1. The Morgan fingerprint density at radius 3 is 2.70 bits per heavy atom. The highest BCUT2D eigenvalue weighted by Crippen LogP contribution is 2.26. The van der Waals surface area contributed by atoms with Gasteiger partial charge in [0.15, 0.2) is 0 Å². The molecule has 1 saturated heterocycles. The third-order valence-corrected chi connectivity index (χ3v) is 4.83. The van der Waals surface area contributed by atoms with Gasteiger partial charge >= 0.3 is 5.97 Å². The number of esters is 1. The van der Waals surface area contributed by atoms with Crippen molar-refractivity contribution in [1.82, 2.24) is 10.2 Å². The normalized spacial score (nSPS) is 29.3. The molecule has 1 saturated carbocycles. The average Bonchev–Trinajstić information content (AvgIpc) is 2.47. The lowest BCUT2D eigenvalue weighted by atomic mass is 9.85. The summed E-state index contributed by atoms with van der Waals surface area (Å²) >= 11 is 0. The molecule has 20 heavy (non-hydrogen) atoms. The number of ether oxygens (including phenoxy) is 1. The highest BCUT2D eigenvalue weighted by Gasteiger charge is 2.28. The van der Waals surface area contributed by atoms with Crippen molar-refractivity contribution in [2.24, 2.45) is 11.8 Å². The molecule has 1 N–H and O–H groups in total. The number of carbonyl (C=O) groups excluding carboxylic acids is 1. The summed E-state index contributed by atoms with van der Waals surface area (Å²) in [6.45, 7) is 5.96. The summed E-state index contributed by atoms with van der Waals surface area (Å²) in [5, 5.41) is 3.71. The standard InChI is InChI=1S/C16H30N2O2/c1-3-20-16(19)14-5-4-6-15(11-14)17-12-13-7-9-18(2)10-8-13/h13-15,17H,3-12H2,1-2H3. The Morgan fingerprint density at radius 2 is 2.00 bits per heavy atom. The summed E-state index contributed by atoms with van der Waals surface area (Å²) in [7, 11) is 2.20. The van der Waals surface area contributed by atoms with Crippen molar-refractivity contribution in [2.75, 3.05) is 33.3 Å². The van der Waals surface area contributed by atoms with Gasteiger partial charge in [0, 0.05) is 6.04 Å². The van der Waals surface area contributed by atoms with Crippen LogP contribution in [0.3, 0.4) is 0 Å². The number of carbonyl (C=O) groups is 1. The summed E-state index contributed by atoms with van der Waals surface area (Å²) in [6.07, 6.45) is 6.93. The molecule has 116 valence electrons. The molecule has 2 fully saturated rings. The molecule has 0 aromatic rings. The lowest BCUT2D eigenvalue weighted by Crippen LogP contribution is -2.41. The number of piperidine rings is 1. The zero-order chi connectivity index (χ0) is 14.4. The van der Waals surface area contributed by atoms with Crippen molar-refractivity contribution in [3.8, 4) is 0 Å². The fraction of sp³-hybridized carbons (Fsp3) is 0.938. The maximum Gasteiger partial charge on any atom is 0.308 e. The van der Waals surface area contributed by atoms with Crippen LogP contribution in [0.2, 0.25) is 0 Å². The lowest BCUT2D eigenvalue weighted by Gasteiger charge is -2.32. The zero-order valence-corrected chi connectivity index (χ0v) is 13.1. The molecule has 0 aromatic heterocycles. The predicted octanol–water partition coefficient (Wildman–Crippen LogP) is 2.04. The topological polar surface area (TPSA) is 41.6 Å². The largest absolute Gasteiger partial charge is 0.466 e. The Balaban J connectivity index is 1.69. The molecular weight excluding hydrogens is 252 g/mol. The van der Waals surface area contributed by atoms with Crippen molar-refractivity contribution in [2.45, 2.75) is 51.5 Å². The molecule has 0 amide bonds. The summed E-state index contributed by atoms with van der Waals surface area (Å²) in [6, 6.07) is 0.512. The minimum absolute atomic E-state index is 0.0123. The van der Waals surface area contributed by atoms with Crippen molar-refractivity contribution < 1.29 is 9.53 Å². The molecule has 2 rings (SSSR count). The molecular formula is C16H30N2O2. The minimum Gasteiger partial charge on any atom is -0.466 e. The average molecular weight is 282 g/mol. The molecule has 0 bridgehead atoms. The van der Waals surface area contributed by atoms with Gasteiger partial charge in [-0.2, -0.15) is 0 Å². The van der Waals surface area contributed by atoms with Crippen LogP contribution in [0.1, 0.15) is 45.4 Å². The first-order valence-electron chi connectivity index (χ1n) is 8.27. The second-order valence-corrected chi connectivity index (χ2v) is 6.47. The Bertz CT molecular complexity index is 301. The summed E-state index contributed by atoms with van der Waals surface area (Å²) in [4.78, 5) is 14.2. The first kappa shape index (κ1) is 15.8. The molecule has 2 unspecified atom stereocenters. The third-order valence-electron chi connectivity index (χ3n) is 4.83. The fourth-order valence-electron chi connectivity index (χ4n) is 3.45. The van der Waals surface area contributed by atoms with Crippen LogP contribution in [-0.4, -0.2) is 50.2 Å². The molecule has 1 aliphatic heterocycles. The van der Waals surface area contributed by atoms with E-state index in [0.717, 1.165) is 31.7 Å². The van der Waals surface area contributed by atoms with E-state index in [-0.39, 0.29) is 11.9 Å². The predicted molar refractivity (Wildman–Crippen MR) is 80.6 cm³/mol.